The smallest absolute Gasteiger partial charge is 0.166 e. The second kappa shape index (κ2) is 16.2. The normalized spacial score (nSPS) is 18.4. The third kappa shape index (κ3) is 8.64. The van der Waals surface area contributed by atoms with Crippen LogP contribution in [0.2, 0.25) is 0 Å². The monoisotopic (exact) mass is 584 g/mol. The molecule has 0 radical (unpaired) electrons. The lowest BCUT2D eigenvalue weighted by atomic mass is 9.85. The molecule has 1 N–H and O–H groups in total. The zero-order chi connectivity index (χ0) is 30.6. The number of benzene rings is 2. The van der Waals surface area contributed by atoms with Crippen molar-refractivity contribution in [1.29, 1.82) is 0 Å². The molecule has 43 heavy (non-hydrogen) atoms. The first kappa shape index (κ1) is 32.2. The van der Waals surface area contributed by atoms with E-state index in [4.69, 9.17) is 14.2 Å². The Bertz CT molecular complexity index is 1330. The van der Waals surface area contributed by atoms with Crippen LogP contribution in [-0.4, -0.2) is 51.1 Å². The van der Waals surface area contributed by atoms with Crippen LogP contribution in [0.4, 0.5) is 0 Å². The lowest BCUT2D eigenvalue weighted by Gasteiger charge is -2.33. The zero-order valence-corrected chi connectivity index (χ0v) is 26.4. The van der Waals surface area contributed by atoms with Gasteiger partial charge in [0.2, 0.25) is 0 Å². The van der Waals surface area contributed by atoms with Crippen LogP contribution >= 0.6 is 0 Å². The van der Waals surface area contributed by atoms with Gasteiger partial charge in [-0.3, -0.25) is 9.69 Å². The van der Waals surface area contributed by atoms with E-state index in [-0.39, 0.29) is 11.7 Å². The molecule has 0 aromatic heterocycles. The fraction of sp³-hybridized carbons (Fsp3) is 0.432. The third-order valence-corrected chi connectivity index (χ3v) is 8.42. The molecular weight excluding hydrogens is 536 g/mol. The van der Waals surface area contributed by atoms with E-state index in [0.29, 0.717) is 18.3 Å². The van der Waals surface area contributed by atoms with Crippen LogP contribution < -0.4 is 19.5 Å². The van der Waals surface area contributed by atoms with E-state index < -0.39 is 0 Å². The largest absolute Gasteiger partial charge is 0.497 e. The Balaban J connectivity index is 0.000000292. The van der Waals surface area contributed by atoms with Crippen molar-refractivity contribution < 1.29 is 19.0 Å². The Labute approximate surface area is 258 Å². The highest BCUT2D eigenvalue weighted by Crippen LogP contribution is 2.39. The number of fused-ring (bicyclic) bond motifs is 2. The predicted molar refractivity (Wildman–Crippen MR) is 176 cm³/mol. The second-order valence-electron chi connectivity index (χ2n) is 11.5. The number of allylic oxidation sites excluding steroid dienone is 3. The maximum atomic E-state index is 13.1. The van der Waals surface area contributed by atoms with E-state index in [1.807, 2.05) is 43.5 Å². The average Bonchev–Trinajstić information content (AvgIpc) is 3.34. The maximum absolute atomic E-state index is 13.1. The summed E-state index contributed by atoms with van der Waals surface area (Å²) in [6.45, 7) is 12.6. The number of hydrogen-bond donors (Lipinski definition) is 1. The van der Waals surface area contributed by atoms with E-state index in [1.54, 1.807) is 14.2 Å². The molecule has 0 saturated carbocycles. The number of piperidine rings is 1. The molecular formula is C37H48N2O4. The molecule has 0 amide bonds. The van der Waals surface area contributed by atoms with Gasteiger partial charge in [0, 0.05) is 24.6 Å². The van der Waals surface area contributed by atoms with Crippen LogP contribution in [0.25, 0.3) is 6.08 Å². The van der Waals surface area contributed by atoms with E-state index in [9.17, 15) is 4.79 Å². The molecule has 6 heteroatoms. The summed E-state index contributed by atoms with van der Waals surface area (Å²) in [6.07, 6.45) is 17.3. The first-order valence-electron chi connectivity index (χ1n) is 15.6. The van der Waals surface area contributed by atoms with Crippen LogP contribution in [0.1, 0.15) is 66.6 Å². The number of ether oxygens (including phenoxy) is 3. The third-order valence-electron chi connectivity index (χ3n) is 8.42. The highest BCUT2D eigenvalue weighted by atomic mass is 16.5. The summed E-state index contributed by atoms with van der Waals surface area (Å²) < 4.78 is 16.5. The lowest BCUT2D eigenvalue weighted by molar-refractivity contribution is 0.0899. The average molecular weight is 585 g/mol. The van der Waals surface area contributed by atoms with Crippen LogP contribution in [-0.2, 0) is 13.0 Å². The molecule has 6 nitrogen and oxygen atoms in total. The van der Waals surface area contributed by atoms with Crippen molar-refractivity contribution in [1.82, 2.24) is 10.2 Å². The highest BCUT2D eigenvalue weighted by Gasteiger charge is 2.34. The molecule has 2 aromatic carbocycles. The number of rotatable bonds is 11. The van der Waals surface area contributed by atoms with E-state index in [0.717, 1.165) is 80.9 Å². The summed E-state index contributed by atoms with van der Waals surface area (Å²) in [5, 5.41) is 3.16. The van der Waals surface area contributed by atoms with Gasteiger partial charge in [0.25, 0.3) is 0 Å². The van der Waals surface area contributed by atoms with Crippen molar-refractivity contribution >= 4 is 11.9 Å². The van der Waals surface area contributed by atoms with Crippen LogP contribution in [0.3, 0.4) is 0 Å². The maximum Gasteiger partial charge on any atom is 0.166 e. The van der Waals surface area contributed by atoms with Gasteiger partial charge < -0.3 is 19.5 Å². The molecule has 2 aliphatic heterocycles. The number of hydrogen-bond acceptors (Lipinski definition) is 6. The van der Waals surface area contributed by atoms with Gasteiger partial charge in [-0.2, -0.15) is 0 Å². The van der Waals surface area contributed by atoms with Gasteiger partial charge >= 0.3 is 0 Å². The predicted octanol–water partition coefficient (Wildman–Crippen LogP) is 7.40. The Kier molecular flexibility index (Phi) is 12.1. The number of nitrogens with one attached hydrogen (secondary N) is 1. The molecule has 5 rings (SSSR count). The summed E-state index contributed by atoms with van der Waals surface area (Å²) in [5.74, 6) is 3.34. The number of nitrogens with zero attached hydrogens (tertiary/aromatic N) is 1. The Morgan fingerprint density at radius 3 is 2.60 bits per heavy atom. The molecule has 1 fully saturated rings. The standard InChI is InChI=1S/C27H37NO3.C10H11NO/c1-5-8-21(9-6-2)19-28-12-10-20(11-13-28)15-23-16-22-17-25(30-4)26(31-14-7-3)18-24(22)27(23)29;1-12-10-3-2-9-7-11-5-4-8(9)6-10/h5-6,8-9,17-18,20,23H,1,7,10-16,19H2,2-4H3;2-6,11H,7H2,1H3/b9-6-,21-8+;. The summed E-state index contributed by atoms with van der Waals surface area (Å²) >= 11 is 0. The Morgan fingerprint density at radius 2 is 1.91 bits per heavy atom. The Hall–Kier alpha value is -3.77. The van der Waals surface area contributed by atoms with Gasteiger partial charge in [-0.25, -0.2) is 0 Å². The molecule has 1 saturated heterocycles. The minimum atomic E-state index is 0.0944. The lowest BCUT2D eigenvalue weighted by Crippen LogP contribution is -2.35. The molecule has 0 bridgehead atoms. The minimum Gasteiger partial charge on any atom is -0.497 e. The van der Waals surface area contributed by atoms with Crippen molar-refractivity contribution in [2.24, 2.45) is 11.8 Å². The topological polar surface area (TPSA) is 60.0 Å². The molecule has 230 valence electrons. The van der Waals surface area contributed by atoms with Crippen molar-refractivity contribution in [2.75, 3.05) is 40.5 Å². The van der Waals surface area contributed by atoms with Gasteiger partial charge in [-0.05, 0) is 117 Å². The molecule has 1 aliphatic carbocycles. The van der Waals surface area contributed by atoms with Crippen molar-refractivity contribution in [3.05, 3.63) is 95.2 Å². The number of carbonyl (C=O) groups is 1. The van der Waals surface area contributed by atoms with Gasteiger partial charge in [0.15, 0.2) is 17.3 Å². The quantitative estimate of drug-likeness (QED) is 0.278. The van der Waals surface area contributed by atoms with Crippen molar-refractivity contribution in [3.8, 4) is 17.2 Å². The van der Waals surface area contributed by atoms with Gasteiger partial charge in [0.05, 0.1) is 20.8 Å². The summed E-state index contributed by atoms with van der Waals surface area (Å²) in [7, 11) is 3.35. The molecule has 2 heterocycles. The summed E-state index contributed by atoms with van der Waals surface area (Å²) in [4.78, 5) is 15.6. The fourth-order valence-corrected chi connectivity index (χ4v) is 6.15. The second-order valence-corrected chi connectivity index (χ2v) is 11.5. The van der Waals surface area contributed by atoms with E-state index in [2.05, 4.69) is 54.1 Å². The van der Waals surface area contributed by atoms with Crippen molar-refractivity contribution in [2.45, 2.75) is 52.5 Å². The number of carbonyl (C=O) groups excluding carboxylic acids is 1. The van der Waals surface area contributed by atoms with Crippen molar-refractivity contribution in [3.63, 3.8) is 0 Å². The van der Waals surface area contributed by atoms with Crippen LogP contribution in [0, 0.1) is 11.8 Å². The molecule has 1 unspecified atom stereocenters. The van der Waals surface area contributed by atoms with Gasteiger partial charge in [-0.15, -0.1) is 0 Å². The SMILES string of the molecule is C=C/C=C(\C=C/C)CN1CCC(CC2Cc3cc(OC)c(OCCC)cc3C2=O)CC1.COc1ccc2c(c1)C=CNC2. The number of methoxy groups -OCH3 is 2. The Morgan fingerprint density at radius 1 is 1.09 bits per heavy atom. The number of likely N-dealkylation sites (tertiary alicyclic amines) is 1. The first-order valence-corrected chi connectivity index (χ1v) is 15.6. The fourth-order valence-electron chi connectivity index (χ4n) is 6.15. The molecule has 2 aromatic rings. The van der Waals surface area contributed by atoms with E-state index in [1.165, 1.54) is 16.7 Å². The summed E-state index contributed by atoms with van der Waals surface area (Å²) in [5.41, 5.74) is 5.80. The number of Topliss-reactive ketones (excluding diaryl/α,β-unsaturated/α-hetero) is 1. The van der Waals surface area contributed by atoms with Gasteiger partial charge in [-0.1, -0.05) is 43.9 Å². The van der Waals surface area contributed by atoms with Crippen LogP contribution in [0.15, 0.2) is 73.0 Å². The summed E-state index contributed by atoms with van der Waals surface area (Å²) in [6, 6.07) is 10.0. The molecule has 3 aliphatic rings. The molecule has 1 atom stereocenters. The van der Waals surface area contributed by atoms with Gasteiger partial charge in [0.1, 0.15) is 5.75 Å². The number of ketones is 1. The minimum absolute atomic E-state index is 0.0944. The highest BCUT2D eigenvalue weighted by molar-refractivity contribution is 6.02. The zero-order valence-electron chi connectivity index (χ0n) is 26.4. The molecule has 0 spiro atoms. The first-order chi connectivity index (χ1) is 21.0. The van der Waals surface area contributed by atoms with E-state index >= 15 is 0 Å². The van der Waals surface area contributed by atoms with Crippen LogP contribution in [0.5, 0.6) is 17.2 Å².